The van der Waals surface area contributed by atoms with Gasteiger partial charge in [0.2, 0.25) is 0 Å². The molecule has 0 spiro atoms. The first-order valence-corrected chi connectivity index (χ1v) is 7.49. The van der Waals surface area contributed by atoms with Gasteiger partial charge in [-0.05, 0) is 60.2 Å². The monoisotopic (exact) mass is 269 g/mol. The van der Waals surface area contributed by atoms with E-state index in [9.17, 15) is 0 Å². The fourth-order valence-electron chi connectivity index (χ4n) is 3.13. The Morgan fingerprint density at radius 1 is 1.10 bits per heavy atom. The molecular formula is C18H23NO. The number of ether oxygens (including phenoxy) is 1. The topological polar surface area (TPSA) is 21.3 Å². The molecule has 2 heteroatoms. The van der Waals surface area contributed by atoms with Crippen LogP contribution in [-0.4, -0.2) is 13.2 Å². The van der Waals surface area contributed by atoms with Crippen molar-refractivity contribution in [2.75, 3.05) is 7.11 Å². The summed E-state index contributed by atoms with van der Waals surface area (Å²) in [6, 6.07) is 14.1. The maximum absolute atomic E-state index is 5.27. The van der Waals surface area contributed by atoms with Crippen LogP contribution in [0.3, 0.4) is 0 Å². The molecule has 3 rings (SSSR count). The molecule has 1 aliphatic carbocycles. The molecule has 106 valence electrons. The predicted octanol–water partition coefficient (Wildman–Crippen LogP) is 4.30. The van der Waals surface area contributed by atoms with Gasteiger partial charge in [-0.15, -0.1) is 0 Å². The van der Waals surface area contributed by atoms with Crippen LogP contribution in [0.1, 0.15) is 38.3 Å². The van der Waals surface area contributed by atoms with Gasteiger partial charge in [-0.2, -0.15) is 0 Å². The molecule has 0 bridgehead atoms. The van der Waals surface area contributed by atoms with E-state index in [1.165, 1.54) is 29.2 Å². The van der Waals surface area contributed by atoms with Gasteiger partial charge in [0, 0.05) is 12.1 Å². The quantitative estimate of drug-likeness (QED) is 0.893. The van der Waals surface area contributed by atoms with E-state index in [0.29, 0.717) is 12.1 Å². The van der Waals surface area contributed by atoms with Crippen LogP contribution in [0.15, 0.2) is 36.4 Å². The van der Waals surface area contributed by atoms with E-state index in [4.69, 9.17) is 4.74 Å². The summed E-state index contributed by atoms with van der Waals surface area (Å²) in [7, 11) is 1.71. The Morgan fingerprint density at radius 3 is 2.50 bits per heavy atom. The Bertz CT molecular complexity index is 601. The number of fused-ring (bicyclic) bond motifs is 1. The molecule has 1 N–H and O–H groups in total. The van der Waals surface area contributed by atoms with Crippen molar-refractivity contribution in [3.05, 3.63) is 42.0 Å². The van der Waals surface area contributed by atoms with Gasteiger partial charge in [-0.1, -0.05) is 25.1 Å². The standard InChI is InChI=1S/C18H23NO/c1-12-8-17(9-12)19-13(2)14-4-5-16-11-18(20-3)7-6-15(16)10-14/h4-7,10-13,17,19H,8-9H2,1-3H3. The second-order valence-corrected chi connectivity index (χ2v) is 6.13. The highest BCUT2D eigenvalue weighted by Gasteiger charge is 2.26. The molecular weight excluding hydrogens is 246 g/mol. The number of nitrogens with one attached hydrogen (secondary N) is 1. The molecule has 0 saturated heterocycles. The van der Waals surface area contributed by atoms with Crippen LogP contribution < -0.4 is 10.1 Å². The Morgan fingerprint density at radius 2 is 1.80 bits per heavy atom. The lowest BCUT2D eigenvalue weighted by molar-refractivity contribution is 0.226. The minimum Gasteiger partial charge on any atom is -0.497 e. The molecule has 1 fully saturated rings. The van der Waals surface area contributed by atoms with Crippen molar-refractivity contribution in [3.63, 3.8) is 0 Å². The summed E-state index contributed by atoms with van der Waals surface area (Å²) in [6.45, 7) is 4.58. The van der Waals surface area contributed by atoms with E-state index in [1.807, 2.05) is 6.07 Å². The fraction of sp³-hybridized carbons (Fsp3) is 0.444. The zero-order chi connectivity index (χ0) is 14.1. The fourth-order valence-corrected chi connectivity index (χ4v) is 3.13. The highest BCUT2D eigenvalue weighted by molar-refractivity contribution is 5.84. The van der Waals surface area contributed by atoms with E-state index in [2.05, 4.69) is 49.5 Å². The number of hydrogen-bond donors (Lipinski definition) is 1. The van der Waals surface area contributed by atoms with Gasteiger partial charge in [0.1, 0.15) is 5.75 Å². The third-order valence-corrected chi connectivity index (χ3v) is 4.43. The Balaban J connectivity index is 1.78. The van der Waals surface area contributed by atoms with Crippen molar-refractivity contribution in [1.29, 1.82) is 0 Å². The largest absolute Gasteiger partial charge is 0.497 e. The van der Waals surface area contributed by atoms with Crippen molar-refractivity contribution in [2.24, 2.45) is 5.92 Å². The second-order valence-electron chi connectivity index (χ2n) is 6.13. The van der Waals surface area contributed by atoms with E-state index in [0.717, 1.165) is 11.7 Å². The molecule has 1 saturated carbocycles. The lowest BCUT2D eigenvalue weighted by Gasteiger charge is -2.35. The highest BCUT2D eigenvalue weighted by Crippen LogP contribution is 2.30. The summed E-state index contributed by atoms with van der Waals surface area (Å²) < 4.78 is 5.27. The Kier molecular flexibility index (Phi) is 3.66. The molecule has 1 unspecified atom stereocenters. The molecule has 0 radical (unpaired) electrons. The molecule has 0 heterocycles. The van der Waals surface area contributed by atoms with Gasteiger partial charge >= 0.3 is 0 Å². The number of benzene rings is 2. The van der Waals surface area contributed by atoms with Crippen molar-refractivity contribution < 1.29 is 4.74 Å². The third-order valence-electron chi connectivity index (χ3n) is 4.43. The first-order chi connectivity index (χ1) is 9.65. The minimum atomic E-state index is 0.416. The van der Waals surface area contributed by atoms with Crippen molar-refractivity contribution >= 4 is 10.8 Å². The minimum absolute atomic E-state index is 0.416. The van der Waals surface area contributed by atoms with Crippen LogP contribution in [0.25, 0.3) is 10.8 Å². The van der Waals surface area contributed by atoms with E-state index in [1.54, 1.807) is 7.11 Å². The lowest BCUT2D eigenvalue weighted by Crippen LogP contribution is -2.41. The maximum Gasteiger partial charge on any atom is 0.119 e. The lowest BCUT2D eigenvalue weighted by atomic mass is 9.81. The Labute approximate surface area is 121 Å². The van der Waals surface area contributed by atoms with E-state index in [-0.39, 0.29) is 0 Å². The number of hydrogen-bond acceptors (Lipinski definition) is 2. The smallest absolute Gasteiger partial charge is 0.119 e. The molecule has 0 aromatic heterocycles. The molecule has 0 aliphatic heterocycles. The zero-order valence-corrected chi connectivity index (χ0v) is 12.5. The average molecular weight is 269 g/mol. The molecule has 1 aliphatic rings. The van der Waals surface area contributed by atoms with Gasteiger partial charge in [0.15, 0.2) is 0 Å². The first kappa shape index (κ1) is 13.4. The van der Waals surface area contributed by atoms with Gasteiger partial charge in [-0.25, -0.2) is 0 Å². The molecule has 2 nitrogen and oxygen atoms in total. The normalized spacial score (nSPS) is 23.4. The van der Waals surface area contributed by atoms with Gasteiger partial charge in [-0.3, -0.25) is 0 Å². The van der Waals surface area contributed by atoms with E-state index >= 15 is 0 Å². The van der Waals surface area contributed by atoms with Crippen molar-refractivity contribution in [1.82, 2.24) is 5.32 Å². The molecule has 2 aromatic rings. The second kappa shape index (κ2) is 5.45. The first-order valence-electron chi connectivity index (χ1n) is 7.49. The highest BCUT2D eigenvalue weighted by atomic mass is 16.5. The molecule has 20 heavy (non-hydrogen) atoms. The zero-order valence-electron chi connectivity index (χ0n) is 12.5. The summed E-state index contributed by atoms with van der Waals surface area (Å²) in [5.41, 5.74) is 1.36. The maximum atomic E-state index is 5.27. The molecule has 0 amide bonds. The summed E-state index contributed by atoms with van der Waals surface area (Å²) >= 11 is 0. The van der Waals surface area contributed by atoms with Gasteiger partial charge in [0.25, 0.3) is 0 Å². The molecule has 2 aromatic carbocycles. The van der Waals surface area contributed by atoms with Crippen LogP contribution in [0.4, 0.5) is 0 Å². The third kappa shape index (κ3) is 2.66. The van der Waals surface area contributed by atoms with Crippen LogP contribution >= 0.6 is 0 Å². The van der Waals surface area contributed by atoms with Gasteiger partial charge < -0.3 is 10.1 Å². The number of methoxy groups -OCH3 is 1. The predicted molar refractivity (Wildman–Crippen MR) is 84.2 cm³/mol. The summed E-state index contributed by atoms with van der Waals surface area (Å²) in [6.07, 6.45) is 2.63. The summed E-state index contributed by atoms with van der Waals surface area (Å²) in [4.78, 5) is 0. The van der Waals surface area contributed by atoms with Crippen molar-refractivity contribution in [2.45, 2.75) is 38.8 Å². The van der Waals surface area contributed by atoms with Crippen LogP contribution in [0, 0.1) is 5.92 Å². The Hall–Kier alpha value is -1.54. The van der Waals surface area contributed by atoms with Crippen LogP contribution in [0.5, 0.6) is 5.75 Å². The average Bonchev–Trinajstić information content (AvgIpc) is 2.44. The number of rotatable bonds is 4. The van der Waals surface area contributed by atoms with Gasteiger partial charge in [0.05, 0.1) is 7.11 Å². The van der Waals surface area contributed by atoms with Crippen LogP contribution in [-0.2, 0) is 0 Å². The molecule has 1 atom stereocenters. The SMILES string of the molecule is COc1ccc2cc(C(C)NC3CC(C)C3)ccc2c1. The van der Waals surface area contributed by atoms with Crippen LogP contribution in [0.2, 0.25) is 0 Å². The summed E-state index contributed by atoms with van der Waals surface area (Å²) in [5.74, 6) is 1.81. The van der Waals surface area contributed by atoms with E-state index < -0.39 is 0 Å². The summed E-state index contributed by atoms with van der Waals surface area (Å²) in [5, 5.41) is 6.24. The van der Waals surface area contributed by atoms with Crippen molar-refractivity contribution in [3.8, 4) is 5.75 Å².